The first kappa shape index (κ1) is 20.1. The first-order valence-electron chi connectivity index (χ1n) is 9.78. The van der Waals surface area contributed by atoms with Gasteiger partial charge in [0.25, 0.3) is 0 Å². The Balaban J connectivity index is 1.71. The lowest BCUT2D eigenvalue weighted by Gasteiger charge is -2.25. The van der Waals surface area contributed by atoms with Crippen LogP contribution in [0.5, 0.6) is 0 Å². The third-order valence-electron chi connectivity index (χ3n) is 5.82. The summed E-state index contributed by atoms with van der Waals surface area (Å²) in [7, 11) is -2.09. The van der Waals surface area contributed by atoms with Gasteiger partial charge in [0.05, 0.1) is 29.2 Å². The Bertz CT molecular complexity index is 1010. The smallest absolute Gasteiger partial charge is 0.243 e. The fourth-order valence-electron chi connectivity index (χ4n) is 4.10. The summed E-state index contributed by atoms with van der Waals surface area (Å²) in [6.45, 7) is 4.69. The van der Waals surface area contributed by atoms with E-state index in [1.54, 1.807) is 42.3 Å². The molecular weight excluding hydrogens is 392 g/mol. The molecule has 1 amide bonds. The number of benzene rings is 1. The number of fused-ring (bicyclic) bond motifs is 1. The third kappa shape index (κ3) is 3.49. The molecule has 0 radical (unpaired) electrons. The maximum Gasteiger partial charge on any atom is 0.243 e. The maximum atomic E-state index is 13.6. The third-order valence-corrected chi connectivity index (χ3v) is 7.63. The SMILES string of the molecule is CN1C(=O)C(C)(C)c2cc(S(=O)(=O)N(Cc3ccco3)CC3CCCO3)ccc21. The largest absolute Gasteiger partial charge is 0.468 e. The van der Waals surface area contributed by atoms with Crippen molar-refractivity contribution in [2.24, 2.45) is 0 Å². The van der Waals surface area contributed by atoms with Gasteiger partial charge in [-0.15, -0.1) is 0 Å². The fraction of sp³-hybridized carbons (Fsp3) is 0.476. The van der Waals surface area contributed by atoms with Crippen LogP contribution in [0.2, 0.25) is 0 Å². The van der Waals surface area contributed by atoms with E-state index in [-0.39, 0.29) is 30.0 Å². The zero-order chi connectivity index (χ0) is 20.8. The number of amides is 1. The molecule has 1 fully saturated rings. The van der Waals surface area contributed by atoms with E-state index in [2.05, 4.69) is 0 Å². The van der Waals surface area contributed by atoms with Gasteiger partial charge in [0.15, 0.2) is 0 Å². The van der Waals surface area contributed by atoms with Crippen LogP contribution in [0.1, 0.15) is 38.0 Å². The van der Waals surface area contributed by atoms with Gasteiger partial charge in [0, 0.05) is 25.9 Å². The van der Waals surface area contributed by atoms with Crippen molar-refractivity contribution in [1.29, 1.82) is 0 Å². The molecule has 29 heavy (non-hydrogen) atoms. The average Bonchev–Trinajstić information content (AvgIpc) is 3.42. The van der Waals surface area contributed by atoms with Gasteiger partial charge in [-0.2, -0.15) is 4.31 Å². The van der Waals surface area contributed by atoms with E-state index in [1.807, 2.05) is 13.8 Å². The molecule has 1 aromatic carbocycles. The maximum absolute atomic E-state index is 13.6. The van der Waals surface area contributed by atoms with Crippen LogP contribution in [0.25, 0.3) is 0 Å². The Morgan fingerprint density at radius 1 is 1.28 bits per heavy atom. The fourth-order valence-corrected chi connectivity index (χ4v) is 5.57. The number of furan rings is 1. The van der Waals surface area contributed by atoms with Crippen molar-refractivity contribution in [2.45, 2.75) is 49.6 Å². The molecule has 0 aliphatic carbocycles. The number of likely N-dealkylation sites (N-methyl/N-ethyl adjacent to an activating group) is 1. The molecule has 0 bridgehead atoms. The molecule has 0 N–H and O–H groups in total. The molecule has 3 heterocycles. The molecule has 7 nitrogen and oxygen atoms in total. The van der Waals surface area contributed by atoms with Crippen LogP contribution >= 0.6 is 0 Å². The van der Waals surface area contributed by atoms with Crippen LogP contribution in [-0.4, -0.2) is 44.9 Å². The molecule has 2 aromatic rings. The number of anilines is 1. The van der Waals surface area contributed by atoms with Gasteiger partial charge in [0.1, 0.15) is 5.76 Å². The highest BCUT2D eigenvalue weighted by Gasteiger charge is 2.43. The quantitative estimate of drug-likeness (QED) is 0.721. The normalized spacial score (nSPS) is 21.2. The second kappa shape index (κ2) is 7.27. The predicted molar refractivity (Wildman–Crippen MR) is 108 cm³/mol. The molecule has 1 unspecified atom stereocenters. The van der Waals surface area contributed by atoms with Gasteiger partial charge in [-0.25, -0.2) is 8.42 Å². The average molecular weight is 419 g/mol. The van der Waals surface area contributed by atoms with E-state index in [0.717, 1.165) is 24.1 Å². The minimum Gasteiger partial charge on any atom is -0.468 e. The van der Waals surface area contributed by atoms with Gasteiger partial charge < -0.3 is 14.1 Å². The number of hydrogen-bond donors (Lipinski definition) is 0. The minimum atomic E-state index is -3.81. The summed E-state index contributed by atoms with van der Waals surface area (Å²) in [5.41, 5.74) is 0.701. The van der Waals surface area contributed by atoms with Crippen molar-refractivity contribution in [1.82, 2.24) is 4.31 Å². The van der Waals surface area contributed by atoms with Crippen molar-refractivity contribution < 1.29 is 22.4 Å². The Morgan fingerprint density at radius 2 is 2.07 bits per heavy atom. The van der Waals surface area contributed by atoms with Crippen LogP contribution in [0.4, 0.5) is 5.69 Å². The summed E-state index contributed by atoms with van der Waals surface area (Å²) in [4.78, 5) is 14.3. The second-order valence-electron chi connectivity index (χ2n) is 8.18. The number of carbonyl (C=O) groups excluding carboxylic acids is 1. The monoisotopic (exact) mass is 418 g/mol. The molecule has 1 atom stereocenters. The van der Waals surface area contributed by atoms with Crippen LogP contribution in [0.3, 0.4) is 0 Å². The first-order valence-corrected chi connectivity index (χ1v) is 11.2. The standard InChI is InChI=1S/C21H26N2O5S/c1-21(2)18-12-17(8-9-19(18)22(3)20(21)24)29(25,26)23(13-15-6-4-10-27-15)14-16-7-5-11-28-16/h4,6,8-10,12,16H,5,7,11,13-14H2,1-3H3. The van der Waals surface area contributed by atoms with E-state index in [0.29, 0.717) is 12.4 Å². The van der Waals surface area contributed by atoms with Crippen molar-refractivity contribution in [2.75, 3.05) is 25.1 Å². The lowest BCUT2D eigenvalue weighted by Crippen LogP contribution is -2.37. The lowest BCUT2D eigenvalue weighted by atomic mass is 9.86. The molecule has 1 aromatic heterocycles. The lowest BCUT2D eigenvalue weighted by molar-refractivity contribution is -0.121. The number of hydrogen-bond acceptors (Lipinski definition) is 5. The number of rotatable bonds is 6. The van der Waals surface area contributed by atoms with Crippen molar-refractivity contribution >= 4 is 21.6 Å². The zero-order valence-corrected chi connectivity index (χ0v) is 17.7. The molecule has 2 aliphatic heterocycles. The van der Waals surface area contributed by atoms with Gasteiger partial charge in [-0.05, 0) is 62.6 Å². The van der Waals surface area contributed by atoms with Crippen molar-refractivity contribution in [3.8, 4) is 0 Å². The van der Waals surface area contributed by atoms with E-state index < -0.39 is 15.4 Å². The number of nitrogens with zero attached hydrogens (tertiary/aromatic N) is 2. The Morgan fingerprint density at radius 3 is 2.72 bits per heavy atom. The van der Waals surface area contributed by atoms with Crippen LogP contribution in [0.15, 0.2) is 45.9 Å². The van der Waals surface area contributed by atoms with Crippen LogP contribution < -0.4 is 4.90 Å². The highest BCUT2D eigenvalue weighted by molar-refractivity contribution is 7.89. The van der Waals surface area contributed by atoms with Gasteiger partial charge in [-0.3, -0.25) is 4.79 Å². The van der Waals surface area contributed by atoms with Gasteiger partial charge in [0.2, 0.25) is 15.9 Å². The Hall–Kier alpha value is -2.16. The van der Waals surface area contributed by atoms with Crippen LogP contribution in [-0.2, 0) is 31.5 Å². The number of carbonyl (C=O) groups is 1. The zero-order valence-electron chi connectivity index (χ0n) is 16.9. The summed E-state index contributed by atoms with van der Waals surface area (Å²) in [6.07, 6.45) is 3.17. The van der Waals surface area contributed by atoms with Crippen molar-refractivity contribution in [3.05, 3.63) is 47.9 Å². The van der Waals surface area contributed by atoms with Gasteiger partial charge >= 0.3 is 0 Å². The summed E-state index contributed by atoms with van der Waals surface area (Å²) in [6, 6.07) is 8.43. The van der Waals surface area contributed by atoms with Crippen molar-refractivity contribution in [3.63, 3.8) is 0 Å². The highest BCUT2D eigenvalue weighted by atomic mass is 32.2. The molecular formula is C21H26N2O5S. The van der Waals surface area contributed by atoms with E-state index in [4.69, 9.17) is 9.15 Å². The highest BCUT2D eigenvalue weighted by Crippen LogP contribution is 2.42. The van der Waals surface area contributed by atoms with E-state index in [1.165, 1.54) is 10.6 Å². The van der Waals surface area contributed by atoms with Crippen LogP contribution in [0, 0.1) is 0 Å². The second-order valence-corrected chi connectivity index (χ2v) is 10.1. The predicted octanol–water partition coefficient (Wildman–Crippen LogP) is 2.90. The Labute approximate surface area is 171 Å². The summed E-state index contributed by atoms with van der Waals surface area (Å²) >= 11 is 0. The number of sulfonamides is 1. The minimum absolute atomic E-state index is 0.0474. The summed E-state index contributed by atoms with van der Waals surface area (Å²) in [5, 5.41) is 0. The molecule has 156 valence electrons. The molecule has 8 heteroatoms. The van der Waals surface area contributed by atoms with E-state index in [9.17, 15) is 13.2 Å². The summed E-state index contributed by atoms with van der Waals surface area (Å²) < 4.78 is 39.6. The molecule has 0 spiro atoms. The van der Waals surface area contributed by atoms with Gasteiger partial charge in [-0.1, -0.05) is 0 Å². The molecule has 4 rings (SSSR count). The Kier molecular flexibility index (Phi) is 5.04. The first-order chi connectivity index (χ1) is 13.7. The molecule has 2 aliphatic rings. The summed E-state index contributed by atoms with van der Waals surface area (Å²) in [5.74, 6) is 0.525. The molecule has 1 saturated heterocycles. The topological polar surface area (TPSA) is 80.1 Å². The number of ether oxygens (including phenoxy) is 1. The van der Waals surface area contributed by atoms with E-state index >= 15 is 0 Å². The molecule has 0 saturated carbocycles.